The lowest BCUT2D eigenvalue weighted by molar-refractivity contribution is -0.117. The molecule has 3 rings (SSSR count). The second-order valence-corrected chi connectivity index (χ2v) is 6.57. The first-order chi connectivity index (χ1) is 11.5. The van der Waals surface area contributed by atoms with Crippen molar-refractivity contribution in [3.8, 4) is 0 Å². The molecule has 0 spiro atoms. The first kappa shape index (κ1) is 16.4. The van der Waals surface area contributed by atoms with E-state index in [2.05, 4.69) is 16.3 Å². The van der Waals surface area contributed by atoms with Crippen LogP contribution in [-0.4, -0.2) is 18.5 Å². The van der Waals surface area contributed by atoms with Gasteiger partial charge < -0.3 is 16.0 Å². The number of carbonyl (C=O) groups excluding carboxylic acids is 1. The minimum absolute atomic E-state index is 0.0164. The molecule has 1 aliphatic rings. The van der Waals surface area contributed by atoms with Gasteiger partial charge in [0.2, 0.25) is 5.91 Å². The maximum absolute atomic E-state index is 12.8. The van der Waals surface area contributed by atoms with E-state index in [1.54, 1.807) is 0 Å². The van der Waals surface area contributed by atoms with E-state index < -0.39 is 0 Å². The number of anilines is 3. The van der Waals surface area contributed by atoms with Gasteiger partial charge in [-0.05, 0) is 62.4 Å². The molecule has 0 aromatic heterocycles. The molecule has 0 saturated heterocycles. The van der Waals surface area contributed by atoms with Crippen LogP contribution in [0.5, 0.6) is 0 Å². The first-order valence-corrected chi connectivity index (χ1v) is 8.50. The fourth-order valence-corrected chi connectivity index (χ4v) is 3.46. The quantitative estimate of drug-likeness (QED) is 0.847. The minimum atomic E-state index is -0.246. The van der Waals surface area contributed by atoms with E-state index in [-0.39, 0.29) is 11.9 Å². The van der Waals surface area contributed by atoms with Gasteiger partial charge in [0.1, 0.15) is 6.04 Å². The molecule has 4 heteroatoms. The zero-order valence-corrected chi connectivity index (χ0v) is 14.6. The Labute approximate surface area is 143 Å². The number of amides is 1. The lowest BCUT2D eigenvalue weighted by Crippen LogP contribution is -2.45. The minimum Gasteiger partial charge on any atom is -0.398 e. The molecular formula is C20H25N3O. The number of carbonyl (C=O) groups is 1. The molecule has 3 N–H and O–H groups in total. The van der Waals surface area contributed by atoms with Crippen LogP contribution in [0.4, 0.5) is 17.1 Å². The van der Waals surface area contributed by atoms with Crippen LogP contribution in [0.25, 0.3) is 0 Å². The van der Waals surface area contributed by atoms with Crippen LogP contribution in [0.3, 0.4) is 0 Å². The number of para-hydroxylation sites is 1. The molecule has 0 fully saturated rings. The number of nitrogens with two attached hydrogens (primary N) is 1. The Balaban J connectivity index is 1.84. The molecule has 0 bridgehead atoms. The number of rotatable bonds is 3. The monoisotopic (exact) mass is 323 g/mol. The Hall–Kier alpha value is -2.49. The number of nitrogens with zero attached hydrogens (tertiary/aromatic N) is 1. The van der Waals surface area contributed by atoms with Crippen LogP contribution in [-0.2, 0) is 11.2 Å². The summed E-state index contributed by atoms with van der Waals surface area (Å²) in [5.41, 5.74) is 12.3. The van der Waals surface area contributed by atoms with Gasteiger partial charge in [-0.1, -0.05) is 24.3 Å². The number of nitrogen functional groups attached to an aromatic ring is 1. The standard InChI is InChI=1S/C20H25N3O/c1-13-7-4-8-14(2)19(13)22-20(24)15(3)23-12-6-9-16-17(21)10-5-11-18(16)23/h4-5,7-8,10-11,15H,6,9,12,21H2,1-3H3,(H,22,24). The Morgan fingerprint density at radius 1 is 1.17 bits per heavy atom. The van der Waals surface area contributed by atoms with Crippen molar-refractivity contribution in [3.05, 3.63) is 53.1 Å². The van der Waals surface area contributed by atoms with Crippen LogP contribution in [0.15, 0.2) is 36.4 Å². The highest BCUT2D eigenvalue weighted by Gasteiger charge is 2.27. The van der Waals surface area contributed by atoms with Crippen molar-refractivity contribution in [2.75, 3.05) is 22.5 Å². The normalized spacial score (nSPS) is 14.9. The lowest BCUT2D eigenvalue weighted by Gasteiger charge is -2.36. The molecule has 0 radical (unpaired) electrons. The van der Waals surface area contributed by atoms with Crippen LogP contribution in [0.2, 0.25) is 0 Å². The first-order valence-electron chi connectivity index (χ1n) is 8.50. The summed E-state index contributed by atoms with van der Waals surface area (Å²) in [5, 5.41) is 3.11. The van der Waals surface area contributed by atoms with Gasteiger partial charge in [-0.2, -0.15) is 0 Å². The van der Waals surface area contributed by atoms with Gasteiger partial charge in [0.15, 0.2) is 0 Å². The molecule has 1 amide bonds. The molecule has 1 heterocycles. The summed E-state index contributed by atoms with van der Waals surface area (Å²) < 4.78 is 0. The van der Waals surface area contributed by atoms with E-state index in [1.165, 1.54) is 0 Å². The highest BCUT2D eigenvalue weighted by Crippen LogP contribution is 2.33. The van der Waals surface area contributed by atoms with E-state index in [0.717, 1.165) is 53.1 Å². The van der Waals surface area contributed by atoms with Crippen molar-refractivity contribution in [3.63, 3.8) is 0 Å². The number of fused-ring (bicyclic) bond motifs is 1. The molecule has 4 nitrogen and oxygen atoms in total. The van der Waals surface area contributed by atoms with Gasteiger partial charge >= 0.3 is 0 Å². The topological polar surface area (TPSA) is 58.4 Å². The van der Waals surface area contributed by atoms with E-state index in [0.29, 0.717) is 0 Å². The summed E-state index contributed by atoms with van der Waals surface area (Å²) in [6.45, 7) is 6.87. The highest BCUT2D eigenvalue weighted by molar-refractivity contribution is 5.98. The summed E-state index contributed by atoms with van der Waals surface area (Å²) in [6.07, 6.45) is 1.99. The van der Waals surface area contributed by atoms with Crippen molar-refractivity contribution >= 4 is 23.0 Å². The van der Waals surface area contributed by atoms with Gasteiger partial charge in [-0.15, -0.1) is 0 Å². The molecule has 2 aromatic carbocycles. The Bertz CT molecular complexity index is 749. The molecule has 0 saturated carbocycles. The SMILES string of the molecule is Cc1cccc(C)c1NC(=O)C(C)N1CCCc2c(N)cccc21. The van der Waals surface area contributed by atoms with Gasteiger partial charge in [-0.3, -0.25) is 4.79 Å². The van der Waals surface area contributed by atoms with Crippen LogP contribution < -0.4 is 16.0 Å². The van der Waals surface area contributed by atoms with Crippen molar-refractivity contribution < 1.29 is 4.79 Å². The smallest absolute Gasteiger partial charge is 0.246 e. The van der Waals surface area contributed by atoms with Gasteiger partial charge in [-0.25, -0.2) is 0 Å². The number of aryl methyl sites for hydroxylation is 2. The fraction of sp³-hybridized carbons (Fsp3) is 0.350. The predicted molar refractivity (Wildman–Crippen MR) is 101 cm³/mol. The number of hydrogen-bond acceptors (Lipinski definition) is 3. The molecule has 126 valence electrons. The van der Waals surface area contributed by atoms with Gasteiger partial charge in [0.05, 0.1) is 0 Å². The maximum Gasteiger partial charge on any atom is 0.246 e. The summed E-state index contributed by atoms with van der Waals surface area (Å²) in [7, 11) is 0. The van der Waals surface area contributed by atoms with Crippen LogP contribution in [0.1, 0.15) is 30.0 Å². The third kappa shape index (κ3) is 2.96. The second kappa shape index (κ2) is 6.56. The van der Waals surface area contributed by atoms with Crippen molar-refractivity contribution in [1.82, 2.24) is 0 Å². The number of benzene rings is 2. The Kier molecular flexibility index (Phi) is 4.47. The highest BCUT2D eigenvalue weighted by atomic mass is 16.2. The van der Waals surface area contributed by atoms with Gasteiger partial charge in [0.25, 0.3) is 0 Å². The van der Waals surface area contributed by atoms with Crippen molar-refractivity contribution in [2.45, 2.75) is 39.7 Å². The average Bonchev–Trinajstić information content (AvgIpc) is 2.57. The maximum atomic E-state index is 12.8. The van der Waals surface area contributed by atoms with E-state index >= 15 is 0 Å². The molecule has 1 unspecified atom stereocenters. The zero-order chi connectivity index (χ0) is 17.3. The van der Waals surface area contributed by atoms with Crippen molar-refractivity contribution in [2.24, 2.45) is 0 Å². The Morgan fingerprint density at radius 2 is 1.83 bits per heavy atom. The fourth-order valence-electron chi connectivity index (χ4n) is 3.46. The third-order valence-corrected chi connectivity index (χ3v) is 4.90. The van der Waals surface area contributed by atoms with E-state index in [9.17, 15) is 4.79 Å². The predicted octanol–water partition coefficient (Wildman–Crippen LogP) is 3.67. The van der Waals surface area contributed by atoms with E-state index in [4.69, 9.17) is 5.73 Å². The van der Waals surface area contributed by atoms with E-state index in [1.807, 2.05) is 51.1 Å². The molecule has 24 heavy (non-hydrogen) atoms. The second-order valence-electron chi connectivity index (χ2n) is 6.57. The third-order valence-electron chi connectivity index (χ3n) is 4.90. The van der Waals surface area contributed by atoms with Crippen LogP contribution >= 0.6 is 0 Å². The summed E-state index contributed by atoms with van der Waals surface area (Å²) in [4.78, 5) is 15.0. The summed E-state index contributed by atoms with van der Waals surface area (Å²) in [6, 6.07) is 11.8. The lowest BCUT2D eigenvalue weighted by atomic mass is 9.98. The van der Waals surface area contributed by atoms with Crippen LogP contribution in [0, 0.1) is 13.8 Å². The molecule has 1 atom stereocenters. The molecule has 1 aliphatic heterocycles. The zero-order valence-electron chi connectivity index (χ0n) is 14.6. The number of hydrogen-bond donors (Lipinski definition) is 2. The van der Waals surface area contributed by atoms with Crippen molar-refractivity contribution in [1.29, 1.82) is 0 Å². The summed E-state index contributed by atoms with van der Waals surface area (Å²) in [5.74, 6) is 0.0164. The summed E-state index contributed by atoms with van der Waals surface area (Å²) >= 11 is 0. The Morgan fingerprint density at radius 3 is 2.54 bits per heavy atom. The van der Waals surface area contributed by atoms with Gasteiger partial charge in [0, 0.05) is 23.6 Å². The number of nitrogens with one attached hydrogen (secondary N) is 1. The molecule has 2 aromatic rings. The molecule has 0 aliphatic carbocycles. The molecular weight excluding hydrogens is 298 g/mol. The largest absolute Gasteiger partial charge is 0.398 e. The average molecular weight is 323 g/mol.